The Morgan fingerprint density at radius 2 is 2.06 bits per heavy atom. The number of aromatic amines is 1. The molecule has 0 amide bonds. The third-order valence-electron chi connectivity index (χ3n) is 6.70. The number of aryl methyl sites for hydroxylation is 1. The van der Waals surface area contributed by atoms with Gasteiger partial charge in [-0.3, -0.25) is 4.79 Å². The highest BCUT2D eigenvalue weighted by Gasteiger charge is 2.29. The highest BCUT2D eigenvalue weighted by molar-refractivity contribution is 7.19. The molecule has 0 bridgehead atoms. The molecular weight excluding hydrogens is 420 g/mol. The standard InChI is InChI=1S/C25H30N4O2S/c1-5-31-25(30)17-8-6-16(7-9-17)20-11-19-23(32-20)21(14(2)3)22(28-19)18-10-15(4)24-26-13-27-29(24)12-18/h10-14,16-17,28H,5-9H2,1-4H3. The highest BCUT2D eigenvalue weighted by atomic mass is 32.1. The fourth-order valence-corrected chi connectivity index (χ4v) is 6.58. The lowest BCUT2D eigenvalue weighted by Crippen LogP contribution is -2.22. The van der Waals surface area contributed by atoms with Gasteiger partial charge in [-0.25, -0.2) is 9.50 Å². The molecule has 168 valence electrons. The highest BCUT2D eigenvalue weighted by Crippen LogP contribution is 2.45. The lowest BCUT2D eigenvalue weighted by Gasteiger charge is -2.26. The smallest absolute Gasteiger partial charge is 0.308 e. The third-order valence-corrected chi connectivity index (χ3v) is 8.03. The van der Waals surface area contributed by atoms with Gasteiger partial charge in [0.2, 0.25) is 0 Å². The summed E-state index contributed by atoms with van der Waals surface area (Å²) >= 11 is 1.92. The van der Waals surface area contributed by atoms with Crippen molar-refractivity contribution in [1.82, 2.24) is 19.6 Å². The van der Waals surface area contributed by atoms with E-state index in [1.165, 1.54) is 26.4 Å². The fourth-order valence-electron chi connectivity index (χ4n) is 5.10. The van der Waals surface area contributed by atoms with Crippen LogP contribution in [0, 0.1) is 12.8 Å². The van der Waals surface area contributed by atoms with Gasteiger partial charge >= 0.3 is 5.97 Å². The van der Waals surface area contributed by atoms with E-state index in [0.29, 0.717) is 18.4 Å². The van der Waals surface area contributed by atoms with Crippen molar-refractivity contribution in [3.8, 4) is 11.3 Å². The van der Waals surface area contributed by atoms with E-state index in [9.17, 15) is 4.79 Å². The summed E-state index contributed by atoms with van der Waals surface area (Å²) in [6, 6.07) is 4.54. The van der Waals surface area contributed by atoms with E-state index < -0.39 is 0 Å². The minimum atomic E-state index is -0.0180. The van der Waals surface area contributed by atoms with Crippen molar-refractivity contribution in [2.75, 3.05) is 6.61 Å². The van der Waals surface area contributed by atoms with Gasteiger partial charge < -0.3 is 9.72 Å². The molecule has 0 aromatic carbocycles. The number of fused-ring (bicyclic) bond motifs is 2. The molecule has 4 aromatic heterocycles. The number of ether oxygens (including phenoxy) is 1. The Labute approximate surface area is 192 Å². The number of aromatic nitrogens is 4. The van der Waals surface area contributed by atoms with E-state index in [1.807, 2.05) is 22.8 Å². The van der Waals surface area contributed by atoms with Crippen LogP contribution in [-0.4, -0.2) is 32.2 Å². The number of esters is 1. The van der Waals surface area contributed by atoms with Crippen LogP contribution in [0.3, 0.4) is 0 Å². The maximum Gasteiger partial charge on any atom is 0.308 e. The third kappa shape index (κ3) is 3.62. The summed E-state index contributed by atoms with van der Waals surface area (Å²) in [5.74, 6) is 0.986. The minimum absolute atomic E-state index is 0.0180. The van der Waals surface area contributed by atoms with Crippen LogP contribution in [0.5, 0.6) is 0 Å². The molecule has 6 nitrogen and oxygen atoms in total. The Balaban J connectivity index is 1.46. The van der Waals surface area contributed by atoms with Gasteiger partial charge in [-0.1, -0.05) is 13.8 Å². The molecule has 1 fully saturated rings. The SMILES string of the molecule is CCOC(=O)C1CCC(c2cc3[nH]c(-c4cc(C)c5ncnn5c4)c(C(C)C)c3s2)CC1. The van der Waals surface area contributed by atoms with Crippen LogP contribution in [-0.2, 0) is 9.53 Å². The fraction of sp³-hybridized carbons (Fsp3) is 0.480. The van der Waals surface area contributed by atoms with Gasteiger partial charge in [-0.15, -0.1) is 11.3 Å². The molecule has 1 N–H and O–H groups in total. The van der Waals surface area contributed by atoms with Crippen LogP contribution in [0.25, 0.3) is 27.1 Å². The van der Waals surface area contributed by atoms with Crippen molar-refractivity contribution in [2.45, 2.75) is 65.2 Å². The Hall–Kier alpha value is -2.67. The van der Waals surface area contributed by atoms with Crippen molar-refractivity contribution < 1.29 is 9.53 Å². The van der Waals surface area contributed by atoms with Crippen molar-refractivity contribution in [3.63, 3.8) is 0 Å². The molecule has 7 heteroatoms. The second-order valence-electron chi connectivity index (χ2n) is 9.20. The van der Waals surface area contributed by atoms with Crippen LogP contribution in [0.1, 0.15) is 74.3 Å². The zero-order valence-electron chi connectivity index (χ0n) is 19.1. The van der Waals surface area contributed by atoms with E-state index in [-0.39, 0.29) is 11.9 Å². The predicted molar refractivity (Wildman–Crippen MR) is 128 cm³/mol. The lowest BCUT2D eigenvalue weighted by atomic mass is 9.81. The maximum atomic E-state index is 12.1. The van der Waals surface area contributed by atoms with Gasteiger partial charge in [-0.05, 0) is 74.6 Å². The first-order valence-corrected chi connectivity index (χ1v) is 12.4. The molecule has 32 heavy (non-hydrogen) atoms. The summed E-state index contributed by atoms with van der Waals surface area (Å²) < 4.78 is 8.45. The zero-order valence-corrected chi connectivity index (χ0v) is 20.0. The number of carbonyl (C=O) groups is 1. The Kier molecular flexibility index (Phi) is 5.53. The number of nitrogens with one attached hydrogen (secondary N) is 1. The molecular formula is C25H30N4O2S. The Bertz CT molecular complexity index is 1270. The molecule has 4 heterocycles. The van der Waals surface area contributed by atoms with Crippen LogP contribution in [0.4, 0.5) is 0 Å². The molecule has 1 saturated carbocycles. The monoisotopic (exact) mass is 450 g/mol. The average molecular weight is 451 g/mol. The number of thiophene rings is 1. The van der Waals surface area contributed by atoms with E-state index in [2.05, 4.69) is 54.2 Å². The van der Waals surface area contributed by atoms with Crippen LogP contribution < -0.4 is 0 Å². The molecule has 0 saturated heterocycles. The van der Waals surface area contributed by atoms with Gasteiger partial charge in [0.15, 0.2) is 5.65 Å². The van der Waals surface area contributed by atoms with Gasteiger partial charge in [0.1, 0.15) is 6.33 Å². The van der Waals surface area contributed by atoms with E-state index >= 15 is 0 Å². The number of carbonyl (C=O) groups excluding carboxylic acids is 1. The molecule has 0 aliphatic heterocycles. The first-order valence-electron chi connectivity index (χ1n) is 11.6. The first-order chi connectivity index (χ1) is 15.5. The molecule has 0 radical (unpaired) electrons. The minimum Gasteiger partial charge on any atom is -0.466 e. The number of rotatable bonds is 5. The first kappa shape index (κ1) is 21.2. The molecule has 0 unspecified atom stereocenters. The Morgan fingerprint density at radius 3 is 2.78 bits per heavy atom. The molecule has 0 spiro atoms. The lowest BCUT2D eigenvalue weighted by molar-refractivity contribution is -0.149. The molecule has 4 aromatic rings. The molecule has 0 atom stereocenters. The Morgan fingerprint density at radius 1 is 1.28 bits per heavy atom. The van der Waals surface area contributed by atoms with Crippen LogP contribution >= 0.6 is 11.3 Å². The summed E-state index contributed by atoms with van der Waals surface area (Å²) in [5, 5.41) is 4.35. The van der Waals surface area contributed by atoms with Crippen LogP contribution in [0.2, 0.25) is 0 Å². The van der Waals surface area contributed by atoms with Crippen LogP contribution in [0.15, 0.2) is 24.7 Å². The molecule has 1 aliphatic carbocycles. The van der Waals surface area contributed by atoms with Crippen molar-refractivity contribution in [1.29, 1.82) is 0 Å². The zero-order chi connectivity index (χ0) is 22.4. The predicted octanol–water partition coefficient (Wildman–Crippen LogP) is 6.21. The van der Waals surface area contributed by atoms with Gasteiger partial charge in [-0.2, -0.15) is 5.10 Å². The topological polar surface area (TPSA) is 72.3 Å². The second-order valence-corrected chi connectivity index (χ2v) is 10.3. The number of hydrogen-bond donors (Lipinski definition) is 1. The number of H-pyrrole nitrogens is 1. The summed E-state index contributed by atoms with van der Waals surface area (Å²) in [5.41, 5.74) is 6.92. The second kappa shape index (κ2) is 8.35. The molecule has 5 rings (SSSR count). The maximum absolute atomic E-state index is 12.1. The summed E-state index contributed by atoms with van der Waals surface area (Å²) in [4.78, 5) is 21.6. The summed E-state index contributed by atoms with van der Waals surface area (Å²) in [7, 11) is 0. The normalized spacial score (nSPS) is 19.3. The van der Waals surface area contributed by atoms with E-state index in [4.69, 9.17) is 4.74 Å². The van der Waals surface area contributed by atoms with Crippen molar-refractivity contribution in [3.05, 3.63) is 40.7 Å². The number of nitrogens with zero attached hydrogens (tertiary/aromatic N) is 3. The van der Waals surface area contributed by atoms with Gasteiger partial charge in [0, 0.05) is 16.6 Å². The quantitative estimate of drug-likeness (QED) is 0.367. The van der Waals surface area contributed by atoms with E-state index in [1.54, 1.807) is 6.33 Å². The van der Waals surface area contributed by atoms with E-state index in [0.717, 1.165) is 42.5 Å². The number of pyridine rings is 1. The van der Waals surface area contributed by atoms with Gasteiger partial charge in [0.05, 0.1) is 28.4 Å². The summed E-state index contributed by atoms with van der Waals surface area (Å²) in [6.07, 6.45) is 7.63. The summed E-state index contributed by atoms with van der Waals surface area (Å²) in [6.45, 7) is 8.95. The van der Waals surface area contributed by atoms with Crippen molar-refractivity contribution >= 4 is 33.2 Å². The van der Waals surface area contributed by atoms with Crippen molar-refractivity contribution in [2.24, 2.45) is 5.92 Å². The van der Waals surface area contributed by atoms with Gasteiger partial charge in [0.25, 0.3) is 0 Å². The molecule has 1 aliphatic rings. The number of hydrogen-bond acceptors (Lipinski definition) is 5. The average Bonchev–Trinajstić information content (AvgIpc) is 3.48. The largest absolute Gasteiger partial charge is 0.466 e.